The summed E-state index contributed by atoms with van der Waals surface area (Å²) in [4.78, 5) is 144. The molecule has 2 aliphatic heterocycles. The lowest BCUT2D eigenvalue weighted by atomic mass is 9.95. The SMILES string of the molecule is CCCCCCCCC(NC(=O)[C@@H]1CCCN1C(=O)/C=C/C(C)CC)C(=O)NC(C(=O)NC(C)(C)C(=O)NC(CC(C)C)C(=O)NC(CC(C)C)C(=O)NC(C)(C)C(=O)NC(C)(C)C(=O)NCCC(=O)N1CCN(C)CC1)C(O)C(C)C. The van der Waals surface area contributed by atoms with E-state index in [0.29, 0.717) is 38.9 Å². The Labute approximate surface area is 490 Å². The summed E-state index contributed by atoms with van der Waals surface area (Å²) in [5, 5.41) is 33.4. The molecule has 0 bridgehead atoms. The van der Waals surface area contributed by atoms with Gasteiger partial charge in [-0.1, -0.05) is 113 Å². The topological polar surface area (TPSA) is 297 Å². The molecule has 9 N–H and O–H groups in total. The maximum atomic E-state index is 14.3. The van der Waals surface area contributed by atoms with Crippen LogP contribution in [0, 0.1) is 23.7 Å². The Hall–Kier alpha value is -5.64. The zero-order chi connectivity index (χ0) is 62.3. The number of hydrogen-bond acceptors (Lipinski definition) is 12. The second-order valence-electron chi connectivity index (χ2n) is 25.6. The zero-order valence-electron chi connectivity index (χ0n) is 52.7. The smallest absolute Gasteiger partial charge is 0.246 e. The molecule has 0 aromatic rings. The van der Waals surface area contributed by atoms with Crippen molar-refractivity contribution in [3.63, 3.8) is 0 Å². The van der Waals surface area contributed by atoms with Crippen LogP contribution in [0.25, 0.3) is 0 Å². The Balaban J connectivity index is 2.27. The Morgan fingerprint density at radius 2 is 1.13 bits per heavy atom. The number of aliphatic hydroxyl groups is 1. The van der Waals surface area contributed by atoms with Crippen molar-refractivity contribution in [2.24, 2.45) is 23.7 Å². The number of carbonyl (C=O) groups excluding carboxylic acids is 10. The number of rotatable bonds is 34. The molecule has 0 aliphatic carbocycles. The summed E-state index contributed by atoms with van der Waals surface area (Å²) in [6.45, 7) is 28.8. The average molecular weight is 1160 g/mol. The molecular weight excluding hydrogens is 1050 g/mol. The first kappa shape index (κ1) is 72.5. The monoisotopic (exact) mass is 1160 g/mol. The van der Waals surface area contributed by atoms with Gasteiger partial charge >= 0.3 is 0 Å². The first-order valence-electron chi connectivity index (χ1n) is 30.3. The number of likely N-dealkylation sites (tertiary alicyclic amines) is 1. The molecule has 2 fully saturated rings. The third-order valence-electron chi connectivity index (χ3n) is 15.3. The first-order chi connectivity index (χ1) is 38.2. The summed E-state index contributed by atoms with van der Waals surface area (Å²) >= 11 is 0. The van der Waals surface area contributed by atoms with E-state index < -0.39 is 106 Å². The summed E-state index contributed by atoms with van der Waals surface area (Å²) in [7, 11) is 1.99. The van der Waals surface area contributed by atoms with Crippen molar-refractivity contribution in [3.05, 3.63) is 12.2 Å². The van der Waals surface area contributed by atoms with E-state index in [9.17, 15) is 53.1 Å². The number of nitrogens with zero attached hydrogens (tertiary/aromatic N) is 3. The summed E-state index contributed by atoms with van der Waals surface area (Å²) in [6, 6.07) is -5.91. The minimum absolute atomic E-state index is 0.0693. The number of allylic oxidation sites excluding steroid dienone is 1. The van der Waals surface area contributed by atoms with Crippen LogP contribution < -0.4 is 42.5 Å². The summed E-state index contributed by atoms with van der Waals surface area (Å²) < 4.78 is 0. The largest absolute Gasteiger partial charge is 0.390 e. The first-order valence-corrected chi connectivity index (χ1v) is 30.3. The number of amides is 10. The highest BCUT2D eigenvalue weighted by Crippen LogP contribution is 2.21. The van der Waals surface area contributed by atoms with Crippen molar-refractivity contribution in [1.29, 1.82) is 0 Å². The Kier molecular flexibility index (Phi) is 30.2. The van der Waals surface area contributed by atoms with Crippen molar-refractivity contribution in [2.45, 2.75) is 240 Å². The van der Waals surface area contributed by atoms with Gasteiger partial charge in [-0.05, 0) is 110 Å². The molecule has 2 heterocycles. The van der Waals surface area contributed by atoms with E-state index >= 15 is 0 Å². The fourth-order valence-electron chi connectivity index (χ4n) is 9.52. The molecule has 0 saturated carbocycles. The van der Waals surface area contributed by atoms with Crippen molar-refractivity contribution in [2.75, 3.05) is 46.3 Å². The van der Waals surface area contributed by atoms with Gasteiger partial charge in [0.05, 0.1) is 6.10 Å². The van der Waals surface area contributed by atoms with Crippen molar-refractivity contribution in [3.8, 4) is 0 Å². The standard InChI is InChI=1S/C60H107N11O11/c1-17-19-20-21-22-23-25-42(62-53(78)45-26-24-31-71(45)47(73)28-27-41(9)18-2)50(75)65-48(49(74)40(7)8)54(79)67-59(12,13)56(81)64-43(36-38(3)4)51(76)63-44(37-39(5)6)52(77)66-60(14,15)57(82)68-58(10,11)55(80)61-30-29-46(72)70-34-32-69(16)33-35-70/h27-28,38-45,48-49,74H,17-26,29-37H2,1-16H3,(H,61,80)(H,62,78)(H,63,76)(H,64,81)(H,65,75)(H,66,77)(H,67,79)(H,68,82)/b28-27+/t41?,42?,43?,44?,45-,48?,49?/m0/s1. The molecule has 22 nitrogen and oxygen atoms in total. The summed E-state index contributed by atoms with van der Waals surface area (Å²) in [5.74, 6) is -6.55. The Bertz CT molecular complexity index is 2170. The van der Waals surface area contributed by atoms with Crippen LogP contribution >= 0.6 is 0 Å². The molecule has 0 spiro atoms. The third kappa shape index (κ3) is 24.3. The van der Waals surface area contributed by atoms with Crippen LogP contribution in [0.1, 0.15) is 187 Å². The lowest BCUT2D eigenvalue weighted by molar-refractivity contribution is -0.140. The highest BCUT2D eigenvalue weighted by Gasteiger charge is 2.42. The van der Waals surface area contributed by atoms with Crippen LogP contribution in [0.3, 0.4) is 0 Å². The van der Waals surface area contributed by atoms with Crippen molar-refractivity contribution >= 4 is 59.1 Å². The van der Waals surface area contributed by atoms with Crippen LogP contribution in [0.5, 0.6) is 0 Å². The van der Waals surface area contributed by atoms with E-state index in [1.807, 2.05) is 54.7 Å². The van der Waals surface area contributed by atoms with Crippen LogP contribution in [0.15, 0.2) is 12.2 Å². The van der Waals surface area contributed by atoms with E-state index in [-0.39, 0.29) is 61.8 Å². The normalized spacial score (nSPS) is 17.6. The van der Waals surface area contributed by atoms with Crippen molar-refractivity contribution < 1.29 is 53.1 Å². The van der Waals surface area contributed by atoms with Crippen LogP contribution in [0.2, 0.25) is 0 Å². The second kappa shape index (κ2) is 34.2. The molecule has 0 aromatic heterocycles. The molecule has 22 heteroatoms. The minimum atomic E-state index is -1.75. The van der Waals surface area contributed by atoms with E-state index in [4.69, 9.17) is 0 Å². The lowest BCUT2D eigenvalue weighted by Gasteiger charge is -2.34. The van der Waals surface area contributed by atoms with Gasteiger partial charge in [0, 0.05) is 45.7 Å². The molecule has 10 amide bonds. The maximum absolute atomic E-state index is 14.3. The number of unbranched alkanes of at least 4 members (excludes halogenated alkanes) is 5. The molecular formula is C60H107N11O11. The molecule has 82 heavy (non-hydrogen) atoms. The van der Waals surface area contributed by atoms with Gasteiger partial charge < -0.3 is 62.3 Å². The Morgan fingerprint density at radius 1 is 0.598 bits per heavy atom. The molecule has 6 unspecified atom stereocenters. The van der Waals surface area contributed by atoms with Gasteiger partial charge in [-0.3, -0.25) is 47.9 Å². The fraction of sp³-hybridized carbons (Fsp3) is 0.800. The number of nitrogens with one attached hydrogen (secondary N) is 8. The van der Waals surface area contributed by atoms with E-state index in [1.54, 1.807) is 18.7 Å². The minimum Gasteiger partial charge on any atom is -0.390 e. The summed E-state index contributed by atoms with van der Waals surface area (Å²) in [6.07, 6.45) is 9.75. The average Bonchev–Trinajstić information content (AvgIpc) is 4.02. The third-order valence-corrected chi connectivity index (χ3v) is 15.3. The quantitative estimate of drug-likeness (QED) is 0.0331. The van der Waals surface area contributed by atoms with Gasteiger partial charge in [-0.15, -0.1) is 0 Å². The lowest BCUT2D eigenvalue weighted by Crippen LogP contribution is -2.66. The van der Waals surface area contributed by atoms with Gasteiger partial charge in [0.15, 0.2) is 0 Å². The van der Waals surface area contributed by atoms with Crippen LogP contribution in [-0.4, -0.2) is 178 Å². The number of hydrogen-bond donors (Lipinski definition) is 9. The molecule has 0 aromatic carbocycles. The number of carbonyl (C=O) groups is 10. The Morgan fingerprint density at radius 3 is 1.71 bits per heavy atom. The number of likely N-dealkylation sites (N-methyl/N-ethyl adjacent to an activating group) is 1. The fourth-order valence-corrected chi connectivity index (χ4v) is 9.52. The molecule has 2 aliphatic rings. The molecule has 2 saturated heterocycles. The second-order valence-corrected chi connectivity index (χ2v) is 25.6. The summed E-state index contributed by atoms with van der Waals surface area (Å²) in [5.41, 5.74) is -4.78. The van der Waals surface area contributed by atoms with Gasteiger partial charge in [-0.2, -0.15) is 0 Å². The molecule has 468 valence electrons. The number of piperazine rings is 1. The molecule has 0 radical (unpaired) electrons. The highest BCUT2D eigenvalue weighted by molar-refractivity contribution is 6.00. The van der Waals surface area contributed by atoms with Gasteiger partial charge in [0.1, 0.15) is 46.8 Å². The van der Waals surface area contributed by atoms with Gasteiger partial charge in [-0.25, -0.2) is 0 Å². The number of aliphatic hydroxyl groups excluding tert-OH is 1. The molecule has 2 rings (SSSR count). The van der Waals surface area contributed by atoms with Gasteiger partial charge in [0.2, 0.25) is 59.1 Å². The zero-order valence-corrected chi connectivity index (χ0v) is 52.7. The van der Waals surface area contributed by atoms with Crippen LogP contribution in [-0.2, 0) is 47.9 Å². The predicted octanol–water partition coefficient (Wildman–Crippen LogP) is 3.34. The van der Waals surface area contributed by atoms with Crippen LogP contribution in [0.4, 0.5) is 0 Å². The van der Waals surface area contributed by atoms with Gasteiger partial charge in [0.25, 0.3) is 0 Å². The van der Waals surface area contributed by atoms with E-state index in [0.717, 1.165) is 51.6 Å². The maximum Gasteiger partial charge on any atom is 0.246 e. The van der Waals surface area contributed by atoms with E-state index in [2.05, 4.69) is 54.4 Å². The van der Waals surface area contributed by atoms with Crippen molar-refractivity contribution in [1.82, 2.24) is 57.2 Å². The predicted molar refractivity (Wildman–Crippen MR) is 317 cm³/mol. The molecule has 7 atom stereocenters. The van der Waals surface area contributed by atoms with E-state index in [1.165, 1.54) is 52.5 Å². The highest BCUT2D eigenvalue weighted by atomic mass is 16.3.